The van der Waals surface area contributed by atoms with E-state index in [-0.39, 0.29) is 0 Å². The van der Waals surface area contributed by atoms with Crippen LogP contribution in [0.1, 0.15) is 52.4 Å². The SMILES string of the molecule is CCNC1CCC(C2CCCC2)C1C. The first kappa shape index (κ1) is 10.5. The summed E-state index contributed by atoms with van der Waals surface area (Å²) in [5, 5.41) is 3.65. The van der Waals surface area contributed by atoms with E-state index in [1.165, 1.54) is 38.5 Å². The summed E-state index contributed by atoms with van der Waals surface area (Å²) in [6, 6.07) is 0.825. The van der Waals surface area contributed by atoms with Crippen LogP contribution in [0.5, 0.6) is 0 Å². The highest BCUT2D eigenvalue weighted by molar-refractivity contribution is 4.91. The fourth-order valence-electron chi connectivity index (χ4n) is 3.80. The fraction of sp³-hybridized carbons (Fsp3) is 1.00. The molecule has 0 bridgehead atoms. The first-order valence-corrected chi connectivity index (χ1v) is 6.56. The summed E-state index contributed by atoms with van der Waals surface area (Å²) in [6.07, 6.45) is 8.96. The van der Waals surface area contributed by atoms with Crippen molar-refractivity contribution < 1.29 is 0 Å². The molecule has 3 unspecified atom stereocenters. The third-order valence-corrected chi connectivity index (χ3v) is 4.59. The standard InChI is InChI=1S/C13H25N/c1-3-14-13-9-8-12(10(13)2)11-6-4-5-7-11/h10-14H,3-9H2,1-2H3. The molecule has 0 aliphatic heterocycles. The van der Waals surface area contributed by atoms with E-state index in [1.54, 1.807) is 0 Å². The molecule has 2 rings (SSSR count). The normalized spacial score (nSPS) is 39.4. The monoisotopic (exact) mass is 195 g/mol. The lowest BCUT2D eigenvalue weighted by Crippen LogP contribution is -2.33. The van der Waals surface area contributed by atoms with Crippen LogP contribution in [0.4, 0.5) is 0 Å². The van der Waals surface area contributed by atoms with Gasteiger partial charge in [-0.15, -0.1) is 0 Å². The second-order valence-electron chi connectivity index (χ2n) is 5.31. The third kappa shape index (κ3) is 1.98. The average molecular weight is 195 g/mol. The van der Waals surface area contributed by atoms with Gasteiger partial charge in [0, 0.05) is 6.04 Å². The molecule has 3 atom stereocenters. The number of nitrogens with one attached hydrogen (secondary N) is 1. The van der Waals surface area contributed by atoms with Gasteiger partial charge >= 0.3 is 0 Å². The van der Waals surface area contributed by atoms with Crippen LogP contribution in [0.3, 0.4) is 0 Å². The lowest BCUT2D eigenvalue weighted by Gasteiger charge is -2.25. The van der Waals surface area contributed by atoms with Crippen LogP contribution in [-0.4, -0.2) is 12.6 Å². The Hall–Kier alpha value is -0.0400. The molecule has 0 saturated heterocycles. The molecular weight excluding hydrogens is 170 g/mol. The third-order valence-electron chi connectivity index (χ3n) is 4.59. The predicted octanol–water partition coefficient (Wildman–Crippen LogP) is 3.20. The summed E-state index contributed by atoms with van der Waals surface area (Å²) in [6.45, 7) is 5.85. The zero-order chi connectivity index (χ0) is 9.97. The largest absolute Gasteiger partial charge is 0.314 e. The molecule has 1 N–H and O–H groups in total. The van der Waals surface area contributed by atoms with Crippen LogP contribution in [0.15, 0.2) is 0 Å². The second-order valence-corrected chi connectivity index (χ2v) is 5.31. The first-order valence-electron chi connectivity index (χ1n) is 6.56. The van der Waals surface area contributed by atoms with Gasteiger partial charge < -0.3 is 5.32 Å². The van der Waals surface area contributed by atoms with Crippen LogP contribution in [0.25, 0.3) is 0 Å². The van der Waals surface area contributed by atoms with Crippen LogP contribution < -0.4 is 5.32 Å². The molecule has 2 aliphatic carbocycles. The van der Waals surface area contributed by atoms with Crippen molar-refractivity contribution in [1.82, 2.24) is 5.32 Å². The smallest absolute Gasteiger partial charge is 0.00954 e. The Morgan fingerprint density at radius 1 is 1.07 bits per heavy atom. The van der Waals surface area contributed by atoms with E-state index in [2.05, 4.69) is 19.2 Å². The molecule has 0 spiro atoms. The maximum absolute atomic E-state index is 3.65. The maximum Gasteiger partial charge on any atom is 0.00954 e. The molecule has 2 saturated carbocycles. The van der Waals surface area contributed by atoms with Gasteiger partial charge in [-0.25, -0.2) is 0 Å². The molecule has 2 aliphatic rings. The lowest BCUT2D eigenvalue weighted by atomic mass is 9.83. The van der Waals surface area contributed by atoms with E-state index in [0.717, 1.165) is 30.3 Å². The number of hydrogen-bond donors (Lipinski definition) is 1. The minimum atomic E-state index is 0.825. The van der Waals surface area contributed by atoms with Gasteiger partial charge in [0.15, 0.2) is 0 Å². The molecule has 82 valence electrons. The summed E-state index contributed by atoms with van der Waals surface area (Å²) >= 11 is 0. The van der Waals surface area contributed by atoms with Crippen molar-refractivity contribution in [3.63, 3.8) is 0 Å². The highest BCUT2D eigenvalue weighted by Crippen LogP contribution is 2.43. The van der Waals surface area contributed by atoms with Crippen LogP contribution in [0.2, 0.25) is 0 Å². The molecule has 14 heavy (non-hydrogen) atoms. The molecule has 0 radical (unpaired) electrons. The number of hydrogen-bond acceptors (Lipinski definition) is 1. The van der Waals surface area contributed by atoms with Gasteiger partial charge in [0.1, 0.15) is 0 Å². The molecule has 0 heterocycles. The van der Waals surface area contributed by atoms with Gasteiger partial charge in [0.2, 0.25) is 0 Å². The van der Waals surface area contributed by atoms with Gasteiger partial charge in [-0.3, -0.25) is 0 Å². The minimum Gasteiger partial charge on any atom is -0.314 e. The van der Waals surface area contributed by atoms with Gasteiger partial charge in [-0.1, -0.05) is 39.5 Å². The van der Waals surface area contributed by atoms with Crippen molar-refractivity contribution in [2.75, 3.05) is 6.54 Å². The van der Waals surface area contributed by atoms with E-state index in [4.69, 9.17) is 0 Å². The van der Waals surface area contributed by atoms with E-state index in [1.807, 2.05) is 0 Å². The van der Waals surface area contributed by atoms with Crippen molar-refractivity contribution >= 4 is 0 Å². The Morgan fingerprint density at radius 3 is 2.43 bits per heavy atom. The van der Waals surface area contributed by atoms with Gasteiger partial charge in [-0.2, -0.15) is 0 Å². The molecule has 0 amide bonds. The highest BCUT2D eigenvalue weighted by atomic mass is 14.9. The van der Waals surface area contributed by atoms with Gasteiger partial charge in [0.25, 0.3) is 0 Å². The van der Waals surface area contributed by atoms with E-state index in [0.29, 0.717) is 0 Å². The summed E-state index contributed by atoms with van der Waals surface area (Å²) < 4.78 is 0. The molecule has 0 aromatic rings. The Bertz CT molecular complexity index is 172. The quantitative estimate of drug-likeness (QED) is 0.729. The molecule has 1 heteroatoms. The Balaban J connectivity index is 1.88. The predicted molar refractivity (Wildman–Crippen MR) is 61.3 cm³/mol. The molecule has 1 nitrogen and oxygen atoms in total. The zero-order valence-electron chi connectivity index (χ0n) is 9.76. The molecular formula is C13H25N. The highest BCUT2D eigenvalue weighted by Gasteiger charge is 2.37. The Morgan fingerprint density at radius 2 is 1.79 bits per heavy atom. The van der Waals surface area contributed by atoms with Crippen molar-refractivity contribution in [2.45, 2.75) is 58.4 Å². The van der Waals surface area contributed by atoms with Crippen LogP contribution >= 0.6 is 0 Å². The first-order chi connectivity index (χ1) is 6.83. The summed E-state index contributed by atoms with van der Waals surface area (Å²) in [5.74, 6) is 3.05. The zero-order valence-corrected chi connectivity index (χ0v) is 9.76. The summed E-state index contributed by atoms with van der Waals surface area (Å²) in [4.78, 5) is 0. The average Bonchev–Trinajstić information content (AvgIpc) is 2.77. The van der Waals surface area contributed by atoms with Crippen molar-refractivity contribution in [2.24, 2.45) is 17.8 Å². The Labute approximate surface area is 88.7 Å². The fourth-order valence-corrected chi connectivity index (χ4v) is 3.80. The molecule has 0 aromatic carbocycles. The second kappa shape index (κ2) is 4.65. The Kier molecular flexibility index (Phi) is 3.48. The van der Waals surface area contributed by atoms with E-state index in [9.17, 15) is 0 Å². The molecule has 2 fully saturated rings. The van der Waals surface area contributed by atoms with Crippen molar-refractivity contribution in [3.05, 3.63) is 0 Å². The minimum absolute atomic E-state index is 0.825. The summed E-state index contributed by atoms with van der Waals surface area (Å²) in [7, 11) is 0. The van der Waals surface area contributed by atoms with Crippen molar-refractivity contribution in [3.8, 4) is 0 Å². The summed E-state index contributed by atoms with van der Waals surface area (Å²) in [5.41, 5.74) is 0. The van der Waals surface area contributed by atoms with Crippen LogP contribution in [0, 0.1) is 17.8 Å². The van der Waals surface area contributed by atoms with E-state index < -0.39 is 0 Å². The maximum atomic E-state index is 3.65. The topological polar surface area (TPSA) is 12.0 Å². The van der Waals surface area contributed by atoms with E-state index >= 15 is 0 Å². The van der Waals surface area contributed by atoms with Gasteiger partial charge in [0.05, 0.1) is 0 Å². The lowest BCUT2D eigenvalue weighted by molar-refractivity contribution is 0.258. The van der Waals surface area contributed by atoms with Crippen molar-refractivity contribution in [1.29, 1.82) is 0 Å². The number of rotatable bonds is 3. The van der Waals surface area contributed by atoms with Crippen LogP contribution in [-0.2, 0) is 0 Å². The molecule has 0 aromatic heterocycles. The van der Waals surface area contributed by atoms with Gasteiger partial charge in [-0.05, 0) is 37.1 Å².